The summed E-state index contributed by atoms with van der Waals surface area (Å²) in [7, 11) is 8.24. The van der Waals surface area contributed by atoms with Gasteiger partial charge < -0.3 is 19.9 Å². The summed E-state index contributed by atoms with van der Waals surface area (Å²) in [6.45, 7) is 1.74. The van der Waals surface area contributed by atoms with Gasteiger partial charge in [0.25, 0.3) is 0 Å². The van der Waals surface area contributed by atoms with Gasteiger partial charge in [-0.1, -0.05) is 0 Å². The van der Waals surface area contributed by atoms with Crippen molar-refractivity contribution >= 4 is 5.91 Å². The van der Waals surface area contributed by atoms with E-state index in [1.54, 1.807) is 0 Å². The normalized spacial score (nSPS) is 23.9. The van der Waals surface area contributed by atoms with Gasteiger partial charge in [-0.05, 0) is 53.9 Å². The maximum absolute atomic E-state index is 11.6. The van der Waals surface area contributed by atoms with Crippen LogP contribution in [0.15, 0.2) is 0 Å². The third kappa shape index (κ3) is 6.89. The summed E-state index contributed by atoms with van der Waals surface area (Å²) < 4.78 is 5.69. The summed E-state index contributed by atoms with van der Waals surface area (Å²) in [5.74, 6) is -0.00316. The van der Waals surface area contributed by atoms with Gasteiger partial charge in [0.1, 0.15) is 6.61 Å². The number of carbonyl (C=O) groups excluding carboxylic acids is 1. The predicted molar refractivity (Wildman–Crippen MR) is 77.2 cm³/mol. The SMILES string of the molecule is CN(C)CCNC(=O)COC1CCC(N(C)C)CC1. The van der Waals surface area contributed by atoms with Crippen molar-refractivity contribution in [3.8, 4) is 0 Å². The zero-order chi connectivity index (χ0) is 14.3. The first-order valence-electron chi connectivity index (χ1n) is 7.18. The number of amides is 1. The smallest absolute Gasteiger partial charge is 0.246 e. The molecule has 0 unspecified atom stereocenters. The minimum Gasteiger partial charge on any atom is -0.368 e. The van der Waals surface area contributed by atoms with Gasteiger partial charge in [-0.15, -0.1) is 0 Å². The number of ether oxygens (including phenoxy) is 1. The molecule has 0 heterocycles. The average Bonchev–Trinajstić information content (AvgIpc) is 2.36. The molecule has 0 aromatic rings. The molecule has 0 aromatic carbocycles. The summed E-state index contributed by atoms with van der Waals surface area (Å²) >= 11 is 0. The van der Waals surface area contributed by atoms with Gasteiger partial charge in [0.15, 0.2) is 0 Å². The molecule has 0 radical (unpaired) electrons. The summed E-state index contributed by atoms with van der Waals surface area (Å²) in [6, 6.07) is 0.675. The monoisotopic (exact) mass is 271 g/mol. The maximum Gasteiger partial charge on any atom is 0.246 e. The lowest BCUT2D eigenvalue weighted by atomic mass is 9.92. The second-order valence-electron chi connectivity index (χ2n) is 5.86. The molecule has 1 fully saturated rings. The molecular formula is C14H29N3O2. The zero-order valence-corrected chi connectivity index (χ0v) is 12.8. The Hall–Kier alpha value is -0.650. The molecule has 1 aliphatic rings. The molecule has 0 saturated heterocycles. The first-order valence-corrected chi connectivity index (χ1v) is 7.18. The molecule has 1 amide bonds. The maximum atomic E-state index is 11.6. The first kappa shape index (κ1) is 16.4. The predicted octanol–water partition coefficient (Wildman–Crippen LogP) is 0.554. The van der Waals surface area contributed by atoms with E-state index < -0.39 is 0 Å². The second-order valence-corrected chi connectivity index (χ2v) is 5.86. The molecule has 0 bridgehead atoms. The number of carbonyl (C=O) groups is 1. The van der Waals surface area contributed by atoms with Crippen LogP contribution in [-0.2, 0) is 9.53 Å². The van der Waals surface area contributed by atoms with Crippen molar-refractivity contribution in [2.24, 2.45) is 0 Å². The van der Waals surface area contributed by atoms with Crippen LogP contribution in [0.4, 0.5) is 0 Å². The highest BCUT2D eigenvalue weighted by Crippen LogP contribution is 2.23. The Morgan fingerprint density at radius 2 is 1.79 bits per heavy atom. The van der Waals surface area contributed by atoms with Crippen molar-refractivity contribution in [3.63, 3.8) is 0 Å². The van der Waals surface area contributed by atoms with Gasteiger partial charge in [-0.25, -0.2) is 0 Å². The Labute approximate surface area is 117 Å². The molecule has 0 aromatic heterocycles. The quantitative estimate of drug-likeness (QED) is 0.735. The molecule has 0 aliphatic heterocycles. The van der Waals surface area contributed by atoms with Crippen LogP contribution in [0.1, 0.15) is 25.7 Å². The average molecular weight is 271 g/mol. The Kier molecular flexibility index (Phi) is 7.34. The van der Waals surface area contributed by atoms with E-state index in [9.17, 15) is 4.79 Å². The van der Waals surface area contributed by atoms with Crippen molar-refractivity contribution in [3.05, 3.63) is 0 Å². The van der Waals surface area contributed by atoms with E-state index in [1.165, 1.54) is 12.8 Å². The Morgan fingerprint density at radius 3 is 2.32 bits per heavy atom. The highest BCUT2D eigenvalue weighted by atomic mass is 16.5. The van der Waals surface area contributed by atoms with Crippen LogP contribution in [-0.4, -0.2) is 75.7 Å². The van der Waals surface area contributed by atoms with Crippen molar-refractivity contribution in [2.75, 3.05) is 47.9 Å². The van der Waals surface area contributed by atoms with E-state index in [-0.39, 0.29) is 18.6 Å². The van der Waals surface area contributed by atoms with Gasteiger partial charge in [0, 0.05) is 19.1 Å². The van der Waals surface area contributed by atoms with Crippen LogP contribution in [0, 0.1) is 0 Å². The van der Waals surface area contributed by atoms with E-state index in [2.05, 4.69) is 24.3 Å². The summed E-state index contributed by atoms with van der Waals surface area (Å²) in [5.41, 5.74) is 0. The van der Waals surface area contributed by atoms with E-state index in [1.807, 2.05) is 19.0 Å². The third-order valence-electron chi connectivity index (χ3n) is 3.71. The fourth-order valence-corrected chi connectivity index (χ4v) is 2.39. The van der Waals surface area contributed by atoms with Crippen molar-refractivity contribution in [1.82, 2.24) is 15.1 Å². The minimum absolute atomic E-state index is 0.00316. The van der Waals surface area contributed by atoms with Gasteiger partial charge in [0.05, 0.1) is 6.10 Å². The molecular weight excluding hydrogens is 242 g/mol. The molecule has 5 nitrogen and oxygen atoms in total. The highest BCUT2D eigenvalue weighted by Gasteiger charge is 2.23. The Bertz CT molecular complexity index is 261. The lowest BCUT2D eigenvalue weighted by molar-refractivity contribution is -0.128. The summed E-state index contributed by atoms with van der Waals surface area (Å²) in [4.78, 5) is 15.9. The first-order chi connectivity index (χ1) is 8.99. The Morgan fingerprint density at radius 1 is 1.16 bits per heavy atom. The number of hydrogen-bond acceptors (Lipinski definition) is 4. The number of hydrogen-bond donors (Lipinski definition) is 1. The third-order valence-corrected chi connectivity index (χ3v) is 3.71. The van der Waals surface area contributed by atoms with Crippen LogP contribution in [0.2, 0.25) is 0 Å². The number of likely N-dealkylation sites (N-methyl/N-ethyl adjacent to an activating group) is 1. The number of rotatable bonds is 7. The standard InChI is InChI=1S/C14H29N3O2/c1-16(2)10-9-15-14(18)11-19-13-7-5-12(6-8-13)17(3)4/h12-13H,5-11H2,1-4H3,(H,15,18). The minimum atomic E-state index is -0.00316. The summed E-state index contributed by atoms with van der Waals surface area (Å²) in [6.07, 6.45) is 4.72. The molecule has 1 saturated carbocycles. The van der Waals surface area contributed by atoms with E-state index in [4.69, 9.17) is 4.74 Å². The van der Waals surface area contributed by atoms with E-state index in [0.29, 0.717) is 12.6 Å². The topological polar surface area (TPSA) is 44.8 Å². The lowest BCUT2D eigenvalue weighted by Gasteiger charge is -2.32. The van der Waals surface area contributed by atoms with Crippen LogP contribution < -0.4 is 5.32 Å². The van der Waals surface area contributed by atoms with Crippen LogP contribution in [0.25, 0.3) is 0 Å². The van der Waals surface area contributed by atoms with Gasteiger partial charge >= 0.3 is 0 Å². The van der Waals surface area contributed by atoms with Gasteiger partial charge in [-0.3, -0.25) is 4.79 Å². The zero-order valence-electron chi connectivity index (χ0n) is 12.8. The van der Waals surface area contributed by atoms with Crippen molar-refractivity contribution in [1.29, 1.82) is 0 Å². The van der Waals surface area contributed by atoms with Crippen molar-refractivity contribution < 1.29 is 9.53 Å². The van der Waals surface area contributed by atoms with Crippen LogP contribution in [0.5, 0.6) is 0 Å². The lowest BCUT2D eigenvalue weighted by Crippen LogP contribution is -2.37. The molecule has 0 spiro atoms. The van der Waals surface area contributed by atoms with Crippen molar-refractivity contribution in [2.45, 2.75) is 37.8 Å². The molecule has 19 heavy (non-hydrogen) atoms. The Balaban J connectivity index is 2.08. The fourth-order valence-electron chi connectivity index (χ4n) is 2.39. The number of nitrogens with one attached hydrogen (secondary N) is 1. The van der Waals surface area contributed by atoms with E-state index >= 15 is 0 Å². The number of nitrogens with zero attached hydrogens (tertiary/aromatic N) is 2. The summed E-state index contributed by atoms with van der Waals surface area (Å²) in [5, 5.41) is 2.87. The van der Waals surface area contributed by atoms with Gasteiger partial charge in [0.2, 0.25) is 5.91 Å². The second kappa shape index (κ2) is 8.51. The highest BCUT2D eigenvalue weighted by molar-refractivity contribution is 5.77. The molecule has 112 valence electrons. The molecule has 1 aliphatic carbocycles. The molecule has 1 N–H and O–H groups in total. The van der Waals surface area contributed by atoms with E-state index in [0.717, 1.165) is 19.4 Å². The molecule has 5 heteroatoms. The van der Waals surface area contributed by atoms with Gasteiger partial charge in [-0.2, -0.15) is 0 Å². The molecule has 1 rings (SSSR count). The van der Waals surface area contributed by atoms with Crippen LogP contribution in [0.3, 0.4) is 0 Å². The molecule has 0 atom stereocenters. The largest absolute Gasteiger partial charge is 0.368 e. The van der Waals surface area contributed by atoms with Crippen LogP contribution >= 0.6 is 0 Å². The fraction of sp³-hybridized carbons (Fsp3) is 0.929.